The minimum atomic E-state index is -0.650. The van der Waals surface area contributed by atoms with Crippen molar-refractivity contribution < 1.29 is 14.4 Å². The number of hydrogen-bond donors (Lipinski definition) is 1. The lowest BCUT2D eigenvalue weighted by molar-refractivity contribution is -0.137. The summed E-state index contributed by atoms with van der Waals surface area (Å²) in [4.78, 5) is 35.4. The van der Waals surface area contributed by atoms with Gasteiger partial charge in [0.2, 0.25) is 11.8 Å². The van der Waals surface area contributed by atoms with Crippen molar-refractivity contribution in [2.24, 2.45) is 0 Å². The molecule has 1 aromatic rings. The Bertz CT molecular complexity index is 450. The Kier molecular flexibility index (Phi) is 2.91. The summed E-state index contributed by atoms with van der Waals surface area (Å²) in [5.41, 5.74) is 0.852. The molecule has 1 saturated heterocycles. The first kappa shape index (κ1) is 11.3. The minimum absolute atomic E-state index is 0.275. The summed E-state index contributed by atoms with van der Waals surface area (Å²) in [6.45, 7) is 1.75. The minimum Gasteiger partial charge on any atom is -0.277 e. The molecule has 1 aliphatic heterocycles. The van der Waals surface area contributed by atoms with Gasteiger partial charge in [0.1, 0.15) is 6.42 Å². The van der Waals surface area contributed by atoms with E-state index in [-0.39, 0.29) is 12.5 Å². The summed E-state index contributed by atoms with van der Waals surface area (Å²) < 4.78 is 0. The molecule has 0 radical (unpaired) electrons. The molecule has 1 aromatic carbocycles. The Morgan fingerprint density at radius 1 is 1.18 bits per heavy atom. The number of carbonyl (C=O) groups is 3. The van der Waals surface area contributed by atoms with E-state index in [1.54, 1.807) is 6.92 Å². The fraction of sp³-hybridized carbons (Fsp3) is 0.250. The molecule has 1 unspecified atom stereocenters. The molecule has 1 fully saturated rings. The Morgan fingerprint density at radius 2 is 1.82 bits per heavy atom. The van der Waals surface area contributed by atoms with Gasteiger partial charge in [-0.15, -0.1) is 0 Å². The topological polar surface area (TPSA) is 66.5 Å². The summed E-state index contributed by atoms with van der Waals surface area (Å²) in [5.74, 6) is -1.01. The molecular weight excluding hydrogens is 220 g/mol. The Morgan fingerprint density at radius 3 is 2.41 bits per heavy atom. The van der Waals surface area contributed by atoms with Crippen molar-refractivity contribution in [2.45, 2.75) is 19.4 Å². The third-order valence-corrected chi connectivity index (χ3v) is 2.71. The fourth-order valence-electron chi connectivity index (χ4n) is 1.83. The molecule has 0 bridgehead atoms. The van der Waals surface area contributed by atoms with Gasteiger partial charge in [-0.25, -0.2) is 4.79 Å². The molecule has 2 rings (SSSR count). The lowest BCUT2D eigenvalue weighted by Crippen LogP contribution is -2.53. The van der Waals surface area contributed by atoms with E-state index >= 15 is 0 Å². The first-order valence-corrected chi connectivity index (χ1v) is 5.30. The first-order valence-electron chi connectivity index (χ1n) is 5.30. The first-order chi connectivity index (χ1) is 8.09. The van der Waals surface area contributed by atoms with Crippen LogP contribution in [0.15, 0.2) is 30.3 Å². The molecule has 1 aliphatic rings. The normalized spacial score (nSPS) is 17.9. The van der Waals surface area contributed by atoms with Gasteiger partial charge < -0.3 is 0 Å². The van der Waals surface area contributed by atoms with E-state index in [9.17, 15) is 14.4 Å². The predicted octanol–water partition coefficient (Wildman–Crippen LogP) is 1.22. The summed E-state index contributed by atoms with van der Waals surface area (Å²) in [6, 6.07) is 8.17. The Hall–Kier alpha value is -2.17. The second-order valence-corrected chi connectivity index (χ2v) is 3.88. The van der Waals surface area contributed by atoms with Crippen LogP contribution in [0.5, 0.6) is 0 Å². The maximum Gasteiger partial charge on any atom is 0.331 e. The van der Waals surface area contributed by atoms with Crippen molar-refractivity contribution in [3.05, 3.63) is 35.9 Å². The molecule has 1 atom stereocenters. The second-order valence-electron chi connectivity index (χ2n) is 3.88. The van der Waals surface area contributed by atoms with Crippen molar-refractivity contribution in [3.8, 4) is 0 Å². The number of benzene rings is 1. The molecule has 88 valence electrons. The SMILES string of the molecule is CC(c1ccccc1)N1C(=O)CC(=O)NC1=O. The lowest BCUT2D eigenvalue weighted by atomic mass is 10.1. The lowest BCUT2D eigenvalue weighted by Gasteiger charge is -2.30. The van der Waals surface area contributed by atoms with E-state index < -0.39 is 17.8 Å². The molecule has 4 amide bonds. The maximum absolute atomic E-state index is 11.7. The summed E-state index contributed by atoms with van der Waals surface area (Å²) in [5, 5.41) is 2.14. The van der Waals surface area contributed by atoms with Crippen molar-refractivity contribution in [3.63, 3.8) is 0 Å². The van der Waals surface area contributed by atoms with Crippen molar-refractivity contribution in [1.29, 1.82) is 0 Å². The molecule has 0 aromatic heterocycles. The number of hydrogen-bond acceptors (Lipinski definition) is 3. The van der Waals surface area contributed by atoms with Crippen LogP contribution in [0, 0.1) is 0 Å². The number of barbiturate groups is 1. The van der Waals surface area contributed by atoms with Crippen LogP contribution in [-0.4, -0.2) is 22.7 Å². The Balaban J connectivity index is 2.25. The van der Waals surface area contributed by atoms with Gasteiger partial charge in [0.05, 0.1) is 6.04 Å². The molecule has 0 spiro atoms. The van der Waals surface area contributed by atoms with Gasteiger partial charge in [-0.1, -0.05) is 30.3 Å². The number of urea groups is 1. The molecule has 0 saturated carbocycles. The van der Waals surface area contributed by atoms with Crippen LogP contribution in [0.3, 0.4) is 0 Å². The largest absolute Gasteiger partial charge is 0.331 e. The number of nitrogens with zero attached hydrogens (tertiary/aromatic N) is 1. The van der Waals surface area contributed by atoms with E-state index in [0.717, 1.165) is 10.5 Å². The monoisotopic (exact) mass is 232 g/mol. The summed E-state index contributed by atoms with van der Waals surface area (Å²) >= 11 is 0. The Labute approximate surface area is 98.4 Å². The number of imide groups is 2. The van der Waals surface area contributed by atoms with Crippen LogP contribution in [0.1, 0.15) is 24.9 Å². The summed E-state index contributed by atoms with van der Waals surface area (Å²) in [6.07, 6.45) is -0.275. The highest BCUT2D eigenvalue weighted by Crippen LogP contribution is 2.22. The van der Waals surface area contributed by atoms with E-state index in [4.69, 9.17) is 0 Å². The van der Waals surface area contributed by atoms with Gasteiger partial charge in [-0.2, -0.15) is 0 Å². The number of carbonyl (C=O) groups excluding carboxylic acids is 3. The highest BCUT2D eigenvalue weighted by Gasteiger charge is 2.34. The smallest absolute Gasteiger partial charge is 0.277 e. The average molecular weight is 232 g/mol. The molecule has 1 N–H and O–H groups in total. The zero-order valence-electron chi connectivity index (χ0n) is 9.34. The van der Waals surface area contributed by atoms with E-state index in [1.807, 2.05) is 30.3 Å². The highest BCUT2D eigenvalue weighted by atomic mass is 16.2. The van der Waals surface area contributed by atoms with Crippen LogP contribution >= 0.6 is 0 Å². The third-order valence-electron chi connectivity index (χ3n) is 2.71. The molecular formula is C12H12N2O3. The second kappa shape index (κ2) is 4.37. The van der Waals surface area contributed by atoms with E-state index in [1.165, 1.54) is 0 Å². The molecule has 1 heterocycles. The highest BCUT2D eigenvalue weighted by molar-refractivity contribution is 6.14. The fourth-order valence-corrected chi connectivity index (χ4v) is 1.83. The zero-order valence-corrected chi connectivity index (χ0v) is 9.34. The van der Waals surface area contributed by atoms with Gasteiger partial charge in [0, 0.05) is 0 Å². The van der Waals surface area contributed by atoms with Crippen LogP contribution < -0.4 is 5.32 Å². The molecule has 0 aliphatic carbocycles. The maximum atomic E-state index is 11.7. The van der Waals surface area contributed by atoms with Crippen LogP contribution in [-0.2, 0) is 9.59 Å². The van der Waals surface area contributed by atoms with Crippen molar-refractivity contribution in [1.82, 2.24) is 10.2 Å². The molecule has 5 heteroatoms. The van der Waals surface area contributed by atoms with Crippen molar-refractivity contribution >= 4 is 17.8 Å². The quantitative estimate of drug-likeness (QED) is 0.779. The predicted molar refractivity (Wildman–Crippen MR) is 59.9 cm³/mol. The summed E-state index contributed by atoms with van der Waals surface area (Å²) in [7, 11) is 0. The van der Waals surface area contributed by atoms with Crippen LogP contribution in [0.25, 0.3) is 0 Å². The molecule has 17 heavy (non-hydrogen) atoms. The van der Waals surface area contributed by atoms with Gasteiger partial charge in [-0.3, -0.25) is 19.8 Å². The van der Waals surface area contributed by atoms with Gasteiger partial charge in [-0.05, 0) is 12.5 Å². The van der Waals surface area contributed by atoms with Gasteiger partial charge in [0.15, 0.2) is 0 Å². The van der Waals surface area contributed by atoms with E-state index in [2.05, 4.69) is 5.32 Å². The van der Waals surface area contributed by atoms with Gasteiger partial charge >= 0.3 is 6.03 Å². The van der Waals surface area contributed by atoms with Crippen molar-refractivity contribution in [2.75, 3.05) is 0 Å². The zero-order chi connectivity index (χ0) is 12.4. The number of nitrogens with one attached hydrogen (secondary N) is 1. The average Bonchev–Trinajstić information content (AvgIpc) is 2.28. The van der Waals surface area contributed by atoms with Gasteiger partial charge in [0.25, 0.3) is 0 Å². The van der Waals surface area contributed by atoms with E-state index in [0.29, 0.717) is 0 Å². The standard InChI is InChI=1S/C12H12N2O3/c1-8(9-5-3-2-4-6-9)14-11(16)7-10(15)13-12(14)17/h2-6,8H,7H2,1H3,(H,13,15,17). The van der Waals surface area contributed by atoms with Crippen LogP contribution in [0.2, 0.25) is 0 Å². The number of amides is 4. The molecule has 5 nitrogen and oxygen atoms in total. The van der Waals surface area contributed by atoms with Crippen LogP contribution in [0.4, 0.5) is 4.79 Å². The third kappa shape index (κ3) is 2.18. The number of rotatable bonds is 2.